The Kier molecular flexibility index (Phi) is 5.81. The van der Waals surface area contributed by atoms with Gasteiger partial charge in [-0.1, -0.05) is 18.2 Å². The first kappa shape index (κ1) is 15.0. The van der Waals surface area contributed by atoms with Crippen LogP contribution in [0, 0.1) is 0 Å². The predicted molar refractivity (Wildman–Crippen MR) is 71.3 cm³/mol. The highest BCUT2D eigenvalue weighted by molar-refractivity contribution is 5.92. The molecule has 0 radical (unpaired) electrons. The van der Waals surface area contributed by atoms with Gasteiger partial charge in [0.15, 0.2) is 0 Å². The predicted octanol–water partition coefficient (Wildman–Crippen LogP) is 1.47. The quantitative estimate of drug-likeness (QED) is 0.727. The van der Waals surface area contributed by atoms with Gasteiger partial charge in [0.05, 0.1) is 6.61 Å². The van der Waals surface area contributed by atoms with Gasteiger partial charge in [-0.15, -0.1) is 0 Å². The SMILES string of the molecule is COCCc1ccccc1NC(=O)N[C@H](C)C(=O)O. The molecule has 0 bridgehead atoms. The summed E-state index contributed by atoms with van der Waals surface area (Å²) in [6.45, 7) is 1.95. The Morgan fingerprint density at radius 1 is 1.37 bits per heavy atom. The van der Waals surface area contributed by atoms with Crippen LogP contribution in [-0.4, -0.2) is 36.9 Å². The first-order valence-corrected chi connectivity index (χ1v) is 5.91. The number of hydrogen-bond donors (Lipinski definition) is 3. The molecule has 0 fully saturated rings. The molecule has 0 saturated carbocycles. The Labute approximate surface area is 111 Å². The van der Waals surface area contributed by atoms with Gasteiger partial charge in [0.25, 0.3) is 0 Å². The second-order valence-electron chi connectivity index (χ2n) is 4.06. The second-order valence-corrected chi connectivity index (χ2v) is 4.06. The van der Waals surface area contributed by atoms with Gasteiger partial charge in [0.2, 0.25) is 0 Å². The number of hydrogen-bond acceptors (Lipinski definition) is 3. The molecule has 0 unspecified atom stereocenters. The molecule has 1 atom stereocenters. The van der Waals surface area contributed by atoms with Crippen LogP contribution < -0.4 is 10.6 Å². The number of nitrogens with one attached hydrogen (secondary N) is 2. The fourth-order valence-corrected chi connectivity index (χ4v) is 1.49. The van der Waals surface area contributed by atoms with Crippen LogP contribution in [0.2, 0.25) is 0 Å². The third kappa shape index (κ3) is 4.97. The van der Waals surface area contributed by atoms with E-state index in [1.165, 1.54) is 6.92 Å². The fourth-order valence-electron chi connectivity index (χ4n) is 1.49. The van der Waals surface area contributed by atoms with Crippen molar-refractivity contribution in [1.29, 1.82) is 0 Å². The number of carboxylic acids is 1. The highest BCUT2D eigenvalue weighted by Gasteiger charge is 2.14. The fraction of sp³-hybridized carbons (Fsp3) is 0.385. The summed E-state index contributed by atoms with van der Waals surface area (Å²) in [6.07, 6.45) is 0.668. The van der Waals surface area contributed by atoms with Gasteiger partial charge in [-0.05, 0) is 25.0 Å². The molecule has 1 rings (SSSR count). The van der Waals surface area contributed by atoms with Crippen molar-refractivity contribution in [3.05, 3.63) is 29.8 Å². The molecule has 0 heterocycles. The summed E-state index contributed by atoms with van der Waals surface area (Å²) < 4.78 is 5.00. The first-order chi connectivity index (χ1) is 9.04. The van der Waals surface area contributed by atoms with Gasteiger partial charge in [-0.25, -0.2) is 4.79 Å². The molecule has 0 saturated heterocycles. The van der Waals surface area contributed by atoms with Crippen LogP contribution in [-0.2, 0) is 16.0 Å². The van der Waals surface area contributed by atoms with Crippen molar-refractivity contribution in [2.75, 3.05) is 19.0 Å². The van der Waals surface area contributed by atoms with E-state index in [0.717, 1.165) is 5.56 Å². The maximum absolute atomic E-state index is 11.6. The van der Waals surface area contributed by atoms with E-state index in [0.29, 0.717) is 18.7 Å². The molecular formula is C13H18N2O4. The zero-order valence-electron chi connectivity index (χ0n) is 11.0. The molecule has 2 amide bonds. The molecule has 1 aromatic carbocycles. The number of carboxylic acid groups (broad SMARTS) is 1. The lowest BCUT2D eigenvalue weighted by atomic mass is 10.1. The number of anilines is 1. The molecule has 0 aliphatic heterocycles. The van der Waals surface area contributed by atoms with Gasteiger partial charge in [-0.2, -0.15) is 0 Å². The minimum atomic E-state index is -1.08. The molecular weight excluding hydrogens is 248 g/mol. The molecule has 0 aliphatic carbocycles. The van der Waals surface area contributed by atoms with E-state index in [4.69, 9.17) is 9.84 Å². The van der Waals surface area contributed by atoms with E-state index >= 15 is 0 Å². The van der Waals surface area contributed by atoms with Gasteiger partial charge in [0.1, 0.15) is 6.04 Å². The summed E-state index contributed by atoms with van der Waals surface area (Å²) in [6, 6.07) is 5.83. The molecule has 6 heteroatoms. The zero-order valence-corrected chi connectivity index (χ0v) is 11.0. The van der Waals surface area contributed by atoms with Crippen molar-refractivity contribution in [1.82, 2.24) is 5.32 Å². The lowest BCUT2D eigenvalue weighted by Crippen LogP contribution is -2.41. The van der Waals surface area contributed by atoms with E-state index in [9.17, 15) is 9.59 Å². The summed E-state index contributed by atoms with van der Waals surface area (Å²) in [4.78, 5) is 22.3. The molecule has 0 aliphatic rings. The average Bonchev–Trinajstić information content (AvgIpc) is 2.37. The normalized spacial score (nSPS) is 11.7. The Morgan fingerprint density at radius 3 is 2.68 bits per heavy atom. The number of rotatable bonds is 6. The molecule has 6 nitrogen and oxygen atoms in total. The van der Waals surface area contributed by atoms with Crippen molar-refractivity contribution in [3.8, 4) is 0 Å². The van der Waals surface area contributed by atoms with Crippen LogP contribution in [0.25, 0.3) is 0 Å². The summed E-state index contributed by atoms with van der Waals surface area (Å²) in [5.74, 6) is -1.08. The van der Waals surface area contributed by atoms with E-state index in [1.54, 1.807) is 19.2 Å². The van der Waals surface area contributed by atoms with Crippen molar-refractivity contribution in [2.24, 2.45) is 0 Å². The van der Waals surface area contributed by atoms with Crippen molar-refractivity contribution >= 4 is 17.7 Å². The topological polar surface area (TPSA) is 87.7 Å². The van der Waals surface area contributed by atoms with Crippen LogP contribution in [0.3, 0.4) is 0 Å². The number of amides is 2. The van der Waals surface area contributed by atoms with Gasteiger partial charge in [0, 0.05) is 12.8 Å². The maximum atomic E-state index is 11.6. The Bertz CT molecular complexity index is 448. The molecule has 1 aromatic rings. The number of urea groups is 1. The largest absolute Gasteiger partial charge is 0.480 e. The van der Waals surface area contributed by atoms with Crippen LogP contribution >= 0.6 is 0 Å². The number of para-hydroxylation sites is 1. The maximum Gasteiger partial charge on any atom is 0.325 e. The van der Waals surface area contributed by atoms with Gasteiger partial charge >= 0.3 is 12.0 Å². The van der Waals surface area contributed by atoms with Crippen molar-refractivity contribution in [3.63, 3.8) is 0 Å². The minimum Gasteiger partial charge on any atom is -0.480 e. The van der Waals surface area contributed by atoms with E-state index in [2.05, 4.69) is 10.6 Å². The number of ether oxygens (including phenoxy) is 1. The molecule has 0 aromatic heterocycles. The summed E-state index contributed by atoms with van der Waals surface area (Å²) in [7, 11) is 1.61. The number of aliphatic carboxylic acids is 1. The first-order valence-electron chi connectivity index (χ1n) is 5.91. The van der Waals surface area contributed by atoms with E-state index in [-0.39, 0.29) is 0 Å². The number of carbonyl (C=O) groups is 2. The smallest absolute Gasteiger partial charge is 0.325 e. The van der Waals surface area contributed by atoms with Crippen LogP contribution in [0.4, 0.5) is 10.5 Å². The Balaban J connectivity index is 2.65. The van der Waals surface area contributed by atoms with Gasteiger partial charge in [-0.3, -0.25) is 4.79 Å². The zero-order chi connectivity index (χ0) is 14.3. The van der Waals surface area contributed by atoms with Crippen LogP contribution in [0.5, 0.6) is 0 Å². The summed E-state index contributed by atoms with van der Waals surface area (Å²) in [5.41, 5.74) is 1.58. The summed E-state index contributed by atoms with van der Waals surface area (Å²) in [5, 5.41) is 13.7. The number of carbonyl (C=O) groups excluding carboxylic acids is 1. The van der Waals surface area contributed by atoms with E-state index in [1.807, 2.05) is 12.1 Å². The number of methoxy groups -OCH3 is 1. The van der Waals surface area contributed by atoms with Gasteiger partial charge < -0.3 is 20.5 Å². The third-order valence-corrected chi connectivity index (χ3v) is 2.56. The minimum absolute atomic E-state index is 0.542. The average molecular weight is 266 g/mol. The molecule has 19 heavy (non-hydrogen) atoms. The third-order valence-electron chi connectivity index (χ3n) is 2.56. The standard InChI is InChI=1S/C13H18N2O4/c1-9(12(16)17)14-13(18)15-11-6-4-3-5-10(11)7-8-19-2/h3-6,9H,7-8H2,1-2H3,(H,16,17)(H2,14,15,18)/t9-/m1/s1. The summed E-state index contributed by atoms with van der Waals surface area (Å²) >= 11 is 0. The molecule has 0 spiro atoms. The monoisotopic (exact) mass is 266 g/mol. The number of benzene rings is 1. The highest BCUT2D eigenvalue weighted by Crippen LogP contribution is 2.15. The lowest BCUT2D eigenvalue weighted by Gasteiger charge is -2.13. The lowest BCUT2D eigenvalue weighted by molar-refractivity contribution is -0.138. The highest BCUT2D eigenvalue weighted by atomic mass is 16.5. The Hall–Kier alpha value is -2.08. The molecule has 104 valence electrons. The van der Waals surface area contributed by atoms with Crippen LogP contribution in [0.1, 0.15) is 12.5 Å². The van der Waals surface area contributed by atoms with E-state index < -0.39 is 18.0 Å². The molecule has 3 N–H and O–H groups in total. The van der Waals surface area contributed by atoms with Crippen molar-refractivity contribution < 1.29 is 19.4 Å². The second kappa shape index (κ2) is 7.38. The van der Waals surface area contributed by atoms with Crippen LogP contribution in [0.15, 0.2) is 24.3 Å². The van der Waals surface area contributed by atoms with Crippen molar-refractivity contribution in [2.45, 2.75) is 19.4 Å². The Morgan fingerprint density at radius 2 is 2.05 bits per heavy atom.